The minimum absolute atomic E-state index is 0.719. The first-order valence-corrected chi connectivity index (χ1v) is 5.25. The molecule has 0 aliphatic rings. The van der Waals surface area contributed by atoms with Crippen LogP contribution in [0.2, 0.25) is 0 Å². The molecule has 2 heterocycles. The second-order valence-electron chi connectivity index (χ2n) is 3.89. The summed E-state index contributed by atoms with van der Waals surface area (Å²) in [7, 11) is 0. The summed E-state index contributed by atoms with van der Waals surface area (Å²) >= 11 is 0. The van der Waals surface area contributed by atoms with Crippen LogP contribution in [0.25, 0.3) is 16.5 Å². The maximum absolute atomic E-state index is 5.94. The highest BCUT2D eigenvalue weighted by molar-refractivity contribution is 5.97. The molecular weight excluding hydrogens is 214 g/mol. The third-order valence-corrected chi connectivity index (χ3v) is 2.71. The molecule has 0 spiro atoms. The van der Waals surface area contributed by atoms with Crippen molar-refractivity contribution in [1.29, 1.82) is 0 Å². The first-order valence-electron chi connectivity index (χ1n) is 5.25. The quantitative estimate of drug-likeness (QED) is 0.640. The molecule has 1 aromatic carbocycles. The number of nitrogens with two attached hydrogens (primary N) is 1. The van der Waals surface area contributed by atoms with Crippen LogP contribution >= 0.6 is 0 Å². The van der Waals surface area contributed by atoms with Crippen LogP contribution in [0.1, 0.15) is 5.69 Å². The number of anilines is 1. The summed E-state index contributed by atoms with van der Waals surface area (Å²) in [5, 5.41) is 6.10. The minimum atomic E-state index is 0.719. The Morgan fingerprint density at radius 3 is 2.88 bits per heavy atom. The van der Waals surface area contributed by atoms with Gasteiger partial charge < -0.3 is 5.73 Å². The number of rotatable bonds is 1. The van der Waals surface area contributed by atoms with E-state index in [1.54, 1.807) is 17.2 Å². The van der Waals surface area contributed by atoms with E-state index in [0.29, 0.717) is 0 Å². The van der Waals surface area contributed by atoms with Crippen molar-refractivity contribution in [2.75, 3.05) is 5.73 Å². The van der Waals surface area contributed by atoms with E-state index >= 15 is 0 Å². The first kappa shape index (κ1) is 9.77. The van der Waals surface area contributed by atoms with Crippen molar-refractivity contribution in [2.24, 2.45) is 0 Å². The van der Waals surface area contributed by atoms with Gasteiger partial charge >= 0.3 is 0 Å². The van der Waals surface area contributed by atoms with Gasteiger partial charge in [-0.2, -0.15) is 5.10 Å². The lowest BCUT2D eigenvalue weighted by atomic mass is 10.1. The Bertz CT molecular complexity index is 673. The maximum Gasteiger partial charge on any atom is 0.138 e. The molecule has 84 valence electrons. The van der Waals surface area contributed by atoms with Gasteiger partial charge in [0.25, 0.3) is 0 Å². The van der Waals surface area contributed by atoms with Crippen LogP contribution in [0, 0.1) is 6.92 Å². The lowest BCUT2D eigenvalue weighted by Crippen LogP contribution is -1.98. The normalized spacial score (nSPS) is 10.9. The predicted octanol–water partition coefficient (Wildman–Crippen LogP) is 1.71. The summed E-state index contributed by atoms with van der Waals surface area (Å²) in [5.74, 6) is 0. The van der Waals surface area contributed by atoms with Crippen LogP contribution in [0.15, 0.2) is 37.1 Å². The van der Waals surface area contributed by atoms with Crippen molar-refractivity contribution in [3.63, 3.8) is 0 Å². The van der Waals surface area contributed by atoms with Crippen LogP contribution in [-0.2, 0) is 0 Å². The average Bonchev–Trinajstić information content (AvgIpc) is 2.83. The van der Waals surface area contributed by atoms with Gasteiger partial charge in [0.15, 0.2) is 0 Å². The van der Waals surface area contributed by atoms with Gasteiger partial charge in [-0.1, -0.05) is 0 Å². The molecule has 3 rings (SSSR count). The highest BCUT2D eigenvalue weighted by Gasteiger charge is 2.07. The maximum atomic E-state index is 5.94. The zero-order valence-corrected chi connectivity index (χ0v) is 9.33. The molecule has 0 saturated carbocycles. The molecule has 0 fully saturated rings. The Morgan fingerprint density at radius 2 is 2.12 bits per heavy atom. The van der Waals surface area contributed by atoms with Crippen molar-refractivity contribution in [3.05, 3.63) is 42.7 Å². The number of aromatic nitrogens is 4. The van der Waals surface area contributed by atoms with Crippen molar-refractivity contribution in [2.45, 2.75) is 6.92 Å². The van der Waals surface area contributed by atoms with Crippen molar-refractivity contribution in [3.8, 4) is 5.69 Å². The molecule has 0 atom stereocenters. The lowest BCUT2D eigenvalue weighted by Gasteiger charge is -2.08. The van der Waals surface area contributed by atoms with Gasteiger partial charge in [0.05, 0.1) is 5.69 Å². The first-order chi connectivity index (χ1) is 8.25. The van der Waals surface area contributed by atoms with Gasteiger partial charge in [-0.3, -0.25) is 4.98 Å². The molecule has 0 saturated heterocycles. The fraction of sp³-hybridized carbons (Fsp3) is 0.0833. The van der Waals surface area contributed by atoms with Crippen LogP contribution in [0.3, 0.4) is 0 Å². The number of hydrogen-bond donors (Lipinski definition) is 1. The van der Waals surface area contributed by atoms with E-state index in [1.165, 1.54) is 6.33 Å². The van der Waals surface area contributed by atoms with E-state index < -0.39 is 0 Å². The molecule has 2 aromatic heterocycles. The molecule has 17 heavy (non-hydrogen) atoms. The van der Waals surface area contributed by atoms with Crippen LogP contribution < -0.4 is 5.73 Å². The Balaban J connectivity index is 2.40. The molecule has 2 N–H and O–H groups in total. The van der Waals surface area contributed by atoms with Crippen molar-refractivity contribution in [1.82, 2.24) is 19.7 Å². The smallest absolute Gasteiger partial charge is 0.138 e. The number of pyridine rings is 1. The fourth-order valence-corrected chi connectivity index (χ4v) is 1.88. The summed E-state index contributed by atoms with van der Waals surface area (Å²) in [4.78, 5) is 8.22. The second-order valence-corrected chi connectivity index (χ2v) is 3.89. The van der Waals surface area contributed by atoms with Gasteiger partial charge in [0.2, 0.25) is 0 Å². The Hall–Kier alpha value is -2.43. The van der Waals surface area contributed by atoms with Crippen LogP contribution in [0.5, 0.6) is 0 Å². The molecule has 0 amide bonds. The van der Waals surface area contributed by atoms with Crippen LogP contribution in [0.4, 0.5) is 5.69 Å². The zero-order chi connectivity index (χ0) is 11.8. The average molecular weight is 225 g/mol. The molecule has 0 aliphatic heterocycles. The SMILES string of the molecule is Cc1cc2c(-n3cncn3)ccc(N)c2cn1. The van der Waals surface area contributed by atoms with E-state index in [1.807, 2.05) is 25.1 Å². The lowest BCUT2D eigenvalue weighted by molar-refractivity contribution is 0.886. The number of nitrogen functional groups attached to an aromatic ring is 1. The molecule has 0 aliphatic carbocycles. The summed E-state index contributed by atoms with van der Waals surface area (Å²) in [6.07, 6.45) is 4.97. The molecule has 0 radical (unpaired) electrons. The van der Waals surface area contributed by atoms with E-state index in [4.69, 9.17) is 5.73 Å². The highest BCUT2D eigenvalue weighted by Crippen LogP contribution is 2.26. The molecular formula is C12H11N5. The Labute approximate surface area is 97.9 Å². The summed E-state index contributed by atoms with van der Waals surface area (Å²) < 4.78 is 1.72. The van der Waals surface area contributed by atoms with Gasteiger partial charge in [-0.05, 0) is 25.1 Å². The summed E-state index contributed by atoms with van der Waals surface area (Å²) in [6.45, 7) is 1.95. The van der Waals surface area contributed by atoms with E-state index in [0.717, 1.165) is 27.8 Å². The molecule has 5 nitrogen and oxygen atoms in total. The Morgan fingerprint density at radius 1 is 1.24 bits per heavy atom. The van der Waals surface area contributed by atoms with E-state index in [-0.39, 0.29) is 0 Å². The third kappa shape index (κ3) is 1.52. The monoisotopic (exact) mass is 225 g/mol. The molecule has 3 aromatic rings. The number of nitrogens with zero attached hydrogens (tertiary/aromatic N) is 4. The predicted molar refractivity (Wildman–Crippen MR) is 65.8 cm³/mol. The molecule has 0 unspecified atom stereocenters. The number of hydrogen-bond acceptors (Lipinski definition) is 4. The summed E-state index contributed by atoms with van der Waals surface area (Å²) in [5.41, 5.74) is 8.57. The van der Waals surface area contributed by atoms with Gasteiger partial charge in [-0.25, -0.2) is 9.67 Å². The standard InChI is InChI=1S/C12H11N5/c1-8-4-9-10(5-15-8)11(13)2-3-12(9)17-7-14-6-16-17/h2-7H,13H2,1H3. The summed E-state index contributed by atoms with van der Waals surface area (Å²) in [6, 6.07) is 5.80. The molecule has 5 heteroatoms. The zero-order valence-electron chi connectivity index (χ0n) is 9.33. The fourth-order valence-electron chi connectivity index (χ4n) is 1.88. The third-order valence-electron chi connectivity index (χ3n) is 2.71. The van der Waals surface area contributed by atoms with E-state index in [2.05, 4.69) is 15.1 Å². The van der Waals surface area contributed by atoms with Crippen molar-refractivity contribution < 1.29 is 0 Å². The minimum Gasteiger partial charge on any atom is -0.398 e. The highest BCUT2D eigenvalue weighted by atomic mass is 15.3. The Kier molecular flexibility index (Phi) is 2.04. The van der Waals surface area contributed by atoms with Gasteiger partial charge in [0.1, 0.15) is 12.7 Å². The van der Waals surface area contributed by atoms with Gasteiger partial charge in [-0.15, -0.1) is 0 Å². The van der Waals surface area contributed by atoms with Crippen LogP contribution in [-0.4, -0.2) is 19.7 Å². The van der Waals surface area contributed by atoms with Gasteiger partial charge in [0, 0.05) is 28.4 Å². The number of fused-ring (bicyclic) bond motifs is 1. The number of aryl methyl sites for hydroxylation is 1. The van der Waals surface area contributed by atoms with E-state index in [9.17, 15) is 0 Å². The topological polar surface area (TPSA) is 69.6 Å². The molecule has 0 bridgehead atoms. The number of benzene rings is 1. The van der Waals surface area contributed by atoms with Crippen molar-refractivity contribution >= 4 is 16.5 Å². The largest absolute Gasteiger partial charge is 0.398 e. The second kappa shape index (κ2) is 3.55.